The molecule has 0 bridgehead atoms. The van der Waals surface area contributed by atoms with Crippen molar-refractivity contribution >= 4 is 0 Å². The molecular weight excluding hydrogens is 231 g/mol. The van der Waals surface area contributed by atoms with Crippen LogP contribution in [0.1, 0.15) is 19.6 Å². The summed E-state index contributed by atoms with van der Waals surface area (Å²) in [5, 5.41) is 8.94. The summed E-state index contributed by atoms with van der Waals surface area (Å²) in [6.07, 6.45) is -0.596. The summed E-state index contributed by atoms with van der Waals surface area (Å²) >= 11 is 0. The number of alkyl halides is 1. The lowest BCUT2D eigenvalue weighted by Crippen LogP contribution is -2.38. The zero-order valence-corrected chi connectivity index (χ0v) is 9.22. The molecule has 3 atom stereocenters. The Morgan fingerprint density at radius 2 is 2.41 bits per heavy atom. The summed E-state index contributed by atoms with van der Waals surface area (Å²) in [6, 6.07) is 1.12. The third-order valence-corrected chi connectivity index (χ3v) is 2.77. The van der Waals surface area contributed by atoms with E-state index in [2.05, 4.69) is 0 Å². The molecular formula is C10H13FN2O4. The zero-order chi connectivity index (χ0) is 12.6. The number of halogens is 1. The van der Waals surface area contributed by atoms with Crippen LogP contribution in [0.15, 0.2) is 21.9 Å². The van der Waals surface area contributed by atoms with Crippen LogP contribution >= 0.6 is 0 Å². The molecule has 1 fully saturated rings. The predicted molar refractivity (Wildman–Crippen MR) is 56.4 cm³/mol. The molecule has 94 valence electrons. The van der Waals surface area contributed by atoms with Crippen LogP contribution in [0.3, 0.4) is 0 Å². The Labute approximate surface area is 95.7 Å². The van der Waals surface area contributed by atoms with Gasteiger partial charge >= 0.3 is 5.69 Å². The molecule has 2 heterocycles. The average molecular weight is 244 g/mol. The molecule has 2 unspecified atom stereocenters. The SMILES string of the molecule is C[C@@]1(F)CC(CO)OC1n1ccc(=O)[nH]c1=O. The van der Waals surface area contributed by atoms with Crippen molar-refractivity contribution in [3.8, 4) is 0 Å². The molecule has 0 amide bonds. The van der Waals surface area contributed by atoms with Gasteiger partial charge in [0, 0.05) is 18.7 Å². The Hall–Kier alpha value is -1.47. The van der Waals surface area contributed by atoms with Crippen LogP contribution in [0.25, 0.3) is 0 Å². The number of aliphatic hydroxyl groups excluding tert-OH is 1. The van der Waals surface area contributed by atoms with E-state index >= 15 is 0 Å². The Bertz CT molecular complexity index is 522. The Morgan fingerprint density at radius 1 is 1.71 bits per heavy atom. The number of aromatic nitrogens is 2. The highest BCUT2D eigenvalue weighted by Crippen LogP contribution is 2.39. The predicted octanol–water partition coefficient (Wildman–Crippen LogP) is -0.455. The van der Waals surface area contributed by atoms with Crippen molar-refractivity contribution in [2.75, 3.05) is 6.61 Å². The fraction of sp³-hybridized carbons (Fsp3) is 0.600. The number of nitrogens with one attached hydrogen (secondary N) is 1. The van der Waals surface area contributed by atoms with E-state index in [-0.39, 0.29) is 13.0 Å². The average Bonchev–Trinajstić information content (AvgIpc) is 2.54. The second kappa shape index (κ2) is 4.08. The maximum absolute atomic E-state index is 14.2. The van der Waals surface area contributed by atoms with Crippen LogP contribution in [0.4, 0.5) is 4.39 Å². The van der Waals surface area contributed by atoms with Crippen molar-refractivity contribution in [3.63, 3.8) is 0 Å². The molecule has 0 radical (unpaired) electrons. The van der Waals surface area contributed by atoms with Gasteiger partial charge in [0.25, 0.3) is 5.56 Å². The molecule has 1 aliphatic rings. The number of H-pyrrole nitrogens is 1. The molecule has 1 aromatic rings. The standard InChI is InChI=1S/C10H13FN2O4/c1-10(11)4-6(5-14)17-8(10)13-3-2-7(15)12-9(13)16/h2-3,6,8,14H,4-5H2,1H3,(H,12,15,16)/t6?,8?,10-/m1/s1. The van der Waals surface area contributed by atoms with Crippen molar-refractivity contribution < 1.29 is 14.2 Å². The lowest BCUT2D eigenvalue weighted by Gasteiger charge is -2.22. The number of rotatable bonds is 2. The van der Waals surface area contributed by atoms with Crippen molar-refractivity contribution in [3.05, 3.63) is 33.1 Å². The van der Waals surface area contributed by atoms with E-state index in [0.29, 0.717) is 0 Å². The summed E-state index contributed by atoms with van der Waals surface area (Å²) in [6.45, 7) is 0.985. The van der Waals surface area contributed by atoms with E-state index in [9.17, 15) is 14.0 Å². The maximum atomic E-state index is 14.2. The van der Waals surface area contributed by atoms with Gasteiger partial charge in [-0.1, -0.05) is 0 Å². The molecule has 0 spiro atoms. The second-order valence-corrected chi connectivity index (χ2v) is 4.29. The fourth-order valence-corrected chi connectivity index (χ4v) is 1.99. The van der Waals surface area contributed by atoms with Gasteiger partial charge in [0.1, 0.15) is 0 Å². The quantitative estimate of drug-likeness (QED) is 0.737. The minimum absolute atomic E-state index is 0.000265. The van der Waals surface area contributed by atoms with Crippen molar-refractivity contribution in [2.45, 2.75) is 31.3 Å². The van der Waals surface area contributed by atoms with E-state index in [1.54, 1.807) is 0 Å². The van der Waals surface area contributed by atoms with Gasteiger partial charge < -0.3 is 9.84 Å². The first-order valence-electron chi connectivity index (χ1n) is 5.21. The third-order valence-electron chi connectivity index (χ3n) is 2.77. The molecule has 0 aromatic carbocycles. The van der Waals surface area contributed by atoms with E-state index in [4.69, 9.17) is 9.84 Å². The van der Waals surface area contributed by atoms with Gasteiger partial charge in [-0.3, -0.25) is 14.3 Å². The van der Waals surface area contributed by atoms with Crippen molar-refractivity contribution in [2.24, 2.45) is 0 Å². The summed E-state index contributed by atoms with van der Waals surface area (Å²) in [5.41, 5.74) is -3.05. The highest BCUT2D eigenvalue weighted by atomic mass is 19.1. The van der Waals surface area contributed by atoms with Gasteiger partial charge in [-0.15, -0.1) is 0 Å². The Balaban J connectivity index is 2.40. The van der Waals surface area contributed by atoms with Gasteiger partial charge in [0.15, 0.2) is 11.9 Å². The molecule has 1 aliphatic heterocycles. The molecule has 1 aromatic heterocycles. The number of aliphatic hydroxyl groups is 1. The number of nitrogens with zero attached hydrogens (tertiary/aromatic N) is 1. The summed E-state index contributed by atoms with van der Waals surface area (Å²) < 4.78 is 20.4. The second-order valence-electron chi connectivity index (χ2n) is 4.29. The van der Waals surface area contributed by atoms with Crippen LogP contribution in [0.5, 0.6) is 0 Å². The van der Waals surface area contributed by atoms with Gasteiger partial charge in [-0.05, 0) is 6.92 Å². The molecule has 1 saturated heterocycles. The highest BCUT2D eigenvalue weighted by Gasteiger charge is 2.47. The van der Waals surface area contributed by atoms with Gasteiger partial charge in [-0.25, -0.2) is 9.18 Å². The summed E-state index contributed by atoms with van der Waals surface area (Å²) in [4.78, 5) is 24.4. The molecule has 2 N–H and O–H groups in total. The van der Waals surface area contributed by atoms with E-state index < -0.39 is 29.2 Å². The number of ether oxygens (including phenoxy) is 1. The van der Waals surface area contributed by atoms with Crippen molar-refractivity contribution in [1.82, 2.24) is 9.55 Å². The molecule has 0 saturated carbocycles. The molecule has 6 nitrogen and oxygen atoms in total. The lowest BCUT2D eigenvalue weighted by molar-refractivity contribution is -0.0610. The monoisotopic (exact) mass is 244 g/mol. The van der Waals surface area contributed by atoms with E-state index in [0.717, 1.165) is 10.6 Å². The zero-order valence-electron chi connectivity index (χ0n) is 9.22. The van der Waals surface area contributed by atoms with Gasteiger partial charge in [0.05, 0.1) is 12.7 Å². The largest absolute Gasteiger partial charge is 0.394 e. The third kappa shape index (κ3) is 2.16. The minimum Gasteiger partial charge on any atom is -0.394 e. The first kappa shape index (κ1) is 12.0. The Kier molecular flexibility index (Phi) is 2.88. The van der Waals surface area contributed by atoms with Crippen LogP contribution in [0.2, 0.25) is 0 Å². The Morgan fingerprint density at radius 3 is 2.94 bits per heavy atom. The lowest BCUT2D eigenvalue weighted by atomic mass is 10.0. The van der Waals surface area contributed by atoms with Crippen molar-refractivity contribution in [1.29, 1.82) is 0 Å². The van der Waals surface area contributed by atoms with Gasteiger partial charge in [0.2, 0.25) is 0 Å². The topological polar surface area (TPSA) is 84.3 Å². The number of hydrogen-bond acceptors (Lipinski definition) is 4. The van der Waals surface area contributed by atoms with E-state index in [1.807, 2.05) is 4.98 Å². The number of aromatic amines is 1. The normalized spacial score (nSPS) is 32.9. The molecule has 17 heavy (non-hydrogen) atoms. The molecule has 2 rings (SSSR count). The van der Waals surface area contributed by atoms with Crippen LogP contribution in [-0.2, 0) is 4.74 Å². The van der Waals surface area contributed by atoms with Crippen LogP contribution in [0, 0.1) is 0 Å². The van der Waals surface area contributed by atoms with E-state index in [1.165, 1.54) is 13.1 Å². The first-order valence-corrected chi connectivity index (χ1v) is 5.21. The maximum Gasteiger partial charge on any atom is 0.330 e. The fourth-order valence-electron chi connectivity index (χ4n) is 1.99. The highest BCUT2D eigenvalue weighted by molar-refractivity contribution is 4.95. The van der Waals surface area contributed by atoms with Gasteiger partial charge in [-0.2, -0.15) is 0 Å². The summed E-state index contributed by atoms with van der Waals surface area (Å²) in [7, 11) is 0. The number of hydrogen-bond donors (Lipinski definition) is 2. The minimum atomic E-state index is -1.77. The molecule has 7 heteroatoms. The first-order chi connectivity index (χ1) is 7.94. The van der Waals surface area contributed by atoms with Crippen LogP contribution in [-0.4, -0.2) is 33.0 Å². The summed E-state index contributed by atoms with van der Waals surface area (Å²) in [5.74, 6) is 0. The van der Waals surface area contributed by atoms with Crippen LogP contribution < -0.4 is 11.2 Å². The molecule has 0 aliphatic carbocycles. The smallest absolute Gasteiger partial charge is 0.330 e.